The van der Waals surface area contributed by atoms with Crippen molar-refractivity contribution >= 4 is 17.5 Å². The monoisotopic (exact) mass is 223 g/mol. The summed E-state index contributed by atoms with van der Waals surface area (Å²) in [6.07, 6.45) is 1.75. The molecule has 6 nitrogen and oxygen atoms in total. The lowest BCUT2D eigenvalue weighted by atomic mass is 10.2. The number of rotatable bonds is 6. The van der Waals surface area contributed by atoms with E-state index >= 15 is 0 Å². The van der Waals surface area contributed by atoms with Crippen molar-refractivity contribution in [1.82, 2.24) is 9.97 Å². The fourth-order valence-corrected chi connectivity index (χ4v) is 1.32. The molecule has 4 N–H and O–H groups in total. The number of carbonyl (C=O) groups excluding carboxylic acids is 1. The maximum atomic E-state index is 10.7. The summed E-state index contributed by atoms with van der Waals surface area (Å²) in [6.45, 7) is 4.66. The quantitative estimate of drug-likeness (QED) is 0.656. The van der Waals surface area contributed by atoms with E-state index in [0.29, 0.717) is 5.82 Å². The molecule has 1 aromatic rings. The Hall–Kier alpha value is -1.85. The second-order valence-corrected chi connectivity index (χ2v) is 3.53. The second kappa shape index (κ2) is 5.89. The summed E-state index contributed by atoms with van der Waals surface area (Å²) in [6, 6.07) is 1.75. The first-order chi connectivity index (χ1) is 7.61. The van der Waals surface area contributed by atoms with Gasteiger partial charge in [0.05, 0.1) is 0 Å². The van der Waals surface area contributed by atoms with E-state index in [1.807, 2.05) is 13.8 Å². The van der Waals surface area contributed by atoms with Crippen LogP contribution >= 0.6 is 0 Å². The largest absolute Gasteiger partial charge is 0.370 e. The number of primary amides is 1. The maximum absolute atomic E-state index is 10.7. The lowest BCUT2D eigenvalue weighted by Crippen LogP contribution is -2.24. The van der Waals surface area contributed by atoms with Gasteiger partial charge in [0.25, 0.3) is 0 Å². The average Bonchev–Trinajstić information content (AvgIpc) is 2.17. The first-order valence-electron chi connectivity index (χ1n) is 5.22. The molecule has 0 radical (unpaired) electrons. The first-order valence-corrected chi connectivity index (χ1v) is 5.22. The van der Waals surface area contributed by atoms with Crippen LogP contribution in [0.1, 0.15) is 20.3 Å². The summed E-state index contributed by atoms with van der Waals surface area (Å²) in [5, 5.41) is 6.16. The average molecular weight is 223 g/mol. The molecule has 1 aromatic heterocycles. The van der Waals surface area contributed by atoms with Crippen molar-refractivity contribution in [2.75, 3.05) is 17.2 Å². The van der Waals surface area contributed by atoms with E-state index in [-0.39, 0.29) is 18.4 Å². The van der Waals surface area contributed by atoms with Gasteiger partial charge in [0.2, 0.25) is 5.91 Å². The van der Waals surface area contributed by atoms with E-state index in [9.17, 15) is 4.79 Å². The minimum atomic E-state index is -0.332. The minimum absolute atomic E-state index is 0.0399. The Morgan fingerprint density at radius 2 is 2.19 bits per heavy atom. The van der Waals surface area contributed by atoms with Crippen molar-refractivity contribution in [3.63, 3.8) is 0 Å². The summed E-state index contributed by atoms with van der Waals surface area (Å²) in [5.74, 6) is 1.10. The van der Waals surface area contributed by atoms with Gasteiger partial charge in [-0.15, -0.1) is 0 Å². The maximum Gasteiger partial charge on any atom is 0.219 e. The van der Waals surface area contributed by atoms with Gasteiger partial charge in [0, 0.05) is 25.1 Å². The summed E-state index contributed by atoms with van der Waals surface area (Å²) < 4.78 is 0. The van der Waals surface area contributed by atoms with Crippen molar-refractivity contribution < 1.29 is 4.79 Å². The molecule has 0 fully saturated rings. The molecule has 6 heteroatoms. The minimum Gasteiger partial charge on any atom is -0.370 e. The number of amides is 1. The summed E-state index contributed by atoms with van der Waals surface area (Å²) in [7, 11) is 0. The van der Waals surface area contributed by atoms with Crippen molar-refractivity contribution in [3.8, 4) is 0 Å². The van der Waals surface area contributed by atoms with Crippen LogP contribution in [0.25, 0.3) is 0 Å². The van der Waals surface area contributed by atoms with Crippen molar-refractivity contribution in [2.24, 2.45) is 5.73 Å². The third kappa shape index (κ3) is 4.12. The highest BCUT2D eigenvalue weighted by molar-refractivity contribution is 5.74. The molecule has 0 aromatic carbocycles. The van der Waals surface area contributed by atoms with Gasteiger partial charge < -0.3 is 16.4 Å². The van der Waals surface area contributed by atoms with Crippen molar-refractivity contribution in [2.45, 2.75) is 26.3 Å². The van der Waals surface area contributed by atoms with E-state index in [1.54, 1.807) is 6.07 Å². The molecule has 0 spiro atoms. The third-order valence-corrected chi connectivity index (χ3v) is 1.93. The van der Waals surface area contributed by atoms with Crippen LogP contribution < -0.4 is 16.4 Å². The Morgan fingerprint density at radius 3 is 2.81 bits per heavy atom. The van der Waals surface area contributed by atoms with Crippen LogP contribution in [0.5, 0.6) is 0 Å². The highest BCUT2D eigenvalue weighted by atomic mass is 16.1. The third-order valence-electron chi connectivity index (χ3n) is 1.93. The highest BCUT2D eigenvalue weighted by Gasteiger charge is 2.06. The van der Waals surface area contributed by atoms with E-state index in [1.165, 1.54) is 6.33 Å². The number of nitrogens with two attached hydrogens (primary N) is 1. The topological polar surface area (TPSA) is 92.9 Å². The predicted octanol–water partition coefficient (Wildman–Crippen LogP) is 0.584. The molecule has 1 amide bonds. The van der Waals surface area contributed by atoms with Gasteiger partial charge in [0.1, 0.15) is 18.0 Å². The Kier molecular flexibility index (Phi) is 4.50. The number of hydrogen-bond acceptors (Lipinski definition) is 5. The zero-order chi connectivity index (χ0) is 12.0. The molecule has 0 saturated heterocycles. The molecule has 1 atom stereocenters. The molecule has 1 unspecified atom stereocenters. The van der Waals surface area contributed by atoms with Crippen LogP contribution in [0.4, 0.5) is 11.6 Å². The van der Waals surface area contributed by atoms with E-state index < -0.39 is 0 Å². The summed E-state index contributed by atoms with van der Waals surface area (Å²) >= 11 is 0. The molecule has 1 heterocycles. The molecular weight excluding hydrogens is 206 g/mol. The van der Waals surface area contributed by atoms with Gasteiger partial charge in [-0.25, -0.2) is 9.97 Å². The van der Waals surface area contributed by atoms with Crippen molar-refractivity contribution in [3.05, 3.63) is 12.4 Å². The Balaban J connectivity index is 2.59. The van der Waals surface area contributed by atoms with Gasteiger partial charge in [0.15, 0.2) is 0 Å². The molecule has 0 aliphatic rings. The Bertz CT molecular complexity index is 355. The molecule has 88 valence electrons. The van der Waals surface area contributed by atoms with Crippen LogP contribution in [0.3, 0.4) is 0 Å². The fraction of sp³-hybridized carbons (Fsp3) is 0.500. The van der Waals surface area contributed by atoms with Crippen LogP contribution in [0.2, 0.25) is 0 Å². The Morgan fingerprint density at radius 1 is 1.50 bits per heavy atom. The predicted molar refractivity (Wildman–Crippen MR) is 63.1 cm³/mol. The van der Waals surface area contributed by atoms with E-state index in [4.69, 9.17) is 5.73 Å². The van der Waals surface area contributed by atoms with Gasteiger partial charge in [-0.3, -0.25) is 4.79 Å². The molecule has 0 saturated carbocycles. The lowest BCUT2D eigenvalue weighted by molar-refractivity contribution is -0.118. The molecule has 0 aliphatic heterocycles. The number of nitrogens with zero attached hydrogens (tertiary/aromatic N) is 2. The number of anilines is 2. The van der Waals surface area contributed by atoms with Crippen LogP contribution in [-0.4, -0.2) is 28.5 Å². The normalized spacial score (nSPS) is 11.9. The second-order valence-electron chi connectivity index (χ2n) is 3.53. The molecule has 0 aliphatic carbocycles. The van der Waals surface area contributed by atoms with Crippen LogP contribution in [-0.2, 0) is 4.79 Å². The zero-order valence-electron chi connectivity index (χ0n) is 9.53. The van der Waals surface area contributed by atoms with Crippen molar-refractivity contribution in [1.29, 1.82) is 0 Å². The summed E-state index contributed by atoms with van der Waals surface area (Å²) in [5.41, 5.74) is 5.10. The van der Waals surface area contributed by atoms with E-state index in [0.717, 1.165) is 12.4 Å². The van der Waals surface area contributed by atoms with Gasteiger partial charge in [-0.05, 0) is 13.8 Å². The summed E-state index contributed by atoms with van der Waals surface area (Å²) in [4.78, 5) is 18.8. The molecule has 1 rings (SSSR count). The number of nitrogens with one attached hydrogen (secondary N) is 2. The zero-order valence-corrected chi connectivity index (χ0v) is 9.53. The highest BCUT2D eigenvalue weighted by Crippen LogP contribution is 2.10. The van der Waals surface area contributed by atoms with Crippen LogP contribution in [0.15, 0.2) is 12.4 Å². The van der Waals surface area contributed by atoms with Crippen LogP contribution in [0, 0.1) is 0 Å². The SMILES string of the molecule is CCNc1cc(NC(C)CC(N)=O)ncn1. The Labute approximate surface area is 94.7 Å². The standard InChI is InChI=1S/C10H17N5O/c1-3-12-9-5-10(14-6-13-9)15-7(2)4-8(11)16/h5-7H,3-4H2,1-2H3,(H2,11,16)(H2,12,13,14,15). The van der Waals surface area contributed by atoms with E-state index in [2.05, 4.69) is 20.6 Å². The fourth-order valence-electron chi connectivity index (χ4n) is 1.32. The lowest BCUT2D eigenvalue weighted by Gasteiger charge is -2.13. The number of hydrogen-bond donors (Lipinski definition) is 3. The molecular formula is C10H17N5O. The van der Waals surface area contributed by atoms with Gasteiger partial charge >= 0.3 is 0 Å². The first kappa shape index (κ1) is 12.2. The smallest absolute Gasteiger partial charge is 0.219 e. The molecule has 0 bridgehead atoms. The number of carbonyl (C=O) groups is 1. The molecule has 16 heavy (non-hydrogen) atoms. The van der Waals surface area contributed by atoms with Gasteiger partial charge in [-0.2, -0.15) is 0 Å². The van der Waals surface area contributed by atoms with Gasteiger partial charge in [-0.1, -0.05) is 0 Å². The number of aromatic nitrogens is 2.